The molecule has 1 saturated carbocycles. The molecule has 2 aromatic carbocycles. The van der Waals surface area contributed by atoms with Gasteiger partial charge in [0.15, 0.2) is 0 Å². The average Bonchev–Trinajstić information content (AvgIpc) is 3.29. The summed E-state index contributed by atoms with van der Waals surface area (Å²) in [7, 11) is 1.76. The fraction of sp³-hybridized carbons (Fsp3) is 0.391. The summed E-state index contributed by atoms with van der Waals surface area (Å²) in [6.45, 7) is 1.69. The number of aryl methyl sites for hydroxylation is 2. The van der Waals surface area contributed by atoms with Gasteiger partial charge < -0.3 is 9.30 Å². The largest absolute Gasteiger partial charge is 0.489 e. The van der Waals surface area contributed by atoms with Crippen molar-refractivity contribution in [3.05, 3.63) is 62.8 Å². The highest BCUT2D eigenvalue weighted by molar-refractivity contribution is 6.37. The molecule has 0 bridgehead atoms. The lowest BCUT2D eigenvalue weighted by molar-refractivity contribution is -0.137. The maximum Gasteiger partial charge on any atom is 0.416 e. The number of aromatic nitrogens is 1. The van der Waals surface area contributed by atoms with E-state index in [9.17, 15) is 13.2 Å². The van der Waals surface area contributed by atoms with Gasteiger partial charge in [-0.25, -0.2) is 0 Å². The van der Waals surface area contributed by atoms with Crippen molar-refractivity contribution >= 4 is 34.1 Å². The molecular weight excluding hydrogens is 434 g/mol. The highest BCUT2D eigenvalue weighted by atomic mass is 35.5. The van der Waals surface area contributed by atoms with Crippen molar-refractivity contribution in [2.24, 2.45) is 7.05 Å². The summed E-state index contributed by atoms with van der Waals surface area (Å²) >= 11 is 13.1. The second-order valence-electron chi connectivity index (χ2n) is 7.96. The van der Waals surface area contributed by atoms with E-state index in [4.69, 9.17) is 27.9 Å². The molecule has 2 nitrogen and oxygen atoms in total. The van der Waals surface area contributed by atoms with Crippen LogP contribution in [0.1, 0.15) is 48.1 Å². The average molecular weight is 456 g/mol. The molecule has 1 fully saturated rings. The number of hydrogen-bond donors (Lipinski definition) is 0. The Hall–Kier alpha value is -1.85. The Bertz CT molecular complexity index is 1100. The van der Waals surface area contributed by atoms with E-state index >= 15 is 0 Å². The van der Waals surface area contributed by atoms with Gasteiger partial charge in [0.2, 0.25) is 0 Å². The summed E-state index contributed by atoms with van der Waals surface area (Å²) in [5.74, 6) is 0.609. The van der Waals surface area contributed by atoms with Crippen molar-refractivity contribution in [3.63, 3.8) is 0 Å². The summed E-state index contributed by atoms with van der Waals surface area (Å²) < 4.78 is 47.6. The standard InChI is InChI=1S/C23H22Cl2F3NO/c1-13-9-14(23(26,27)28)10-20-17(13)11-15(29(20)2)12-18-19(24)7-8-21(22(18)25)30-16-5-3-4-6-16/h7-11,16H,3-6,12H2,1-2H3. The highest BCUT2D eigenvalue weighted by Crippen LogP contribution is 2.39. The Balaban J connectivity index is 1.72. The molecule has 0 spiro atoms. The van der Waals surface area contributed by atoms with Crippen molar-refractivity contribution < 1.29 is 17.9 Å². The van der Waals surface area contributed by atoms with Crippen LogP contribution in [0, 0.1) is 6.92 Å². The molecular formula is C23H22Cl2F3NO. The molecule has 160 valence electrons. The number of rotatable bonds is 4. The van der Waals surface area contributed by atoms with Crippen LogP contribution in [0.2, 0.25) is 10.0 Å². The first kappa shape index (κ1) is 21.4. The molecule has 0 radical (unpaired) electrons. The van der Waals surface area contributed by atoms with E-state index in [0.29, 0.717) is 38.9 Å². The predicted octanol–water partition coefficient (Wildman–Crippen LogP) is 7.72. The second kappa shape index (κ2) is 8.01. The number of fused-ring (bicyclic) bond motifs is 1. The van der Waals surface area contributed by atoms with Crippen LogP contribution in [0.3, 0.4) is 0 Å². The van der Waals surface area contributed by atoms with Gasteiger partial charge in [0.25, 0.3) is 0 Å². The van der Waals surface area contributed by atoms with Crippen LogP contribution >= 0.6 is 23.2 Å². The zero-order chi connectivity index (χ0) is 21.6. The third-order valence-corrected chi connectivity index (χ3v) is 6.67. The van der Waals surface area contributed by atoms with Crippen molar-refractivity contribution in [3.8, 4) is 5.75 Å². The Morgan fingerprint density at radius 3 is 2.47 bits per heavy atom. The van der Waals surface area contributed by atoms with Crippen molar-refractivity contribution in [1.82, 2.24) is 4.57 Å². The molecule has 1 aromatic heterocycles. The number of alkyl halides is 3. The minimum atomic E-state index is -4.39. The minimum Gasteiger partial charge on any atom is -0.489 e. The van der Waals surface area contributed by atoms with Crippen LogP contribution in [0.25, 0.3) is 10.9 Å². The molecule has 1 aliphatic carbocycles. The van der Waals surface area contributed by atoms with Crippen LogP contribution in [0.5, 0.6) is 5.75 Å². The normalized spacial score (nSPS) is 15.3. The van der Waals surface area contributed by atoms with Gasteiger partial charge in [-0.3, -0.25) is 0 Å². The third kappa shape index (κ3) is 4.02. The van der Waals surface area contributed by atoms with Crippen LogP contribution in [-0.4, -0.2) is 10.7 Å². The van der Waals surface area contributed by atoms with E-state index in [1.807, 2.05) is 6.07 Å². The smallest absolute Gasteiger partial charge is 0.416 e. The molecule has 0 saturated heterocycles. The van der Waals surface area contributed by atoms with Crippen molar-refractivity contribution in [1.29, 1.82) is 0 Å². The topological polar surface area (TPSA) is 14.2 Å². The second-order valence-corrected chi connectivity index (χ2v) is 8.74. The lowest BCUT2D eigenvalue weighted by Gasteiger charge is -2.17. The summed E-state index contributed by atoms with van der Waals surface area (Å²) in [5.41, 5.74) is 2.01. The minimum absolute atomic E-state index is 0.164. The quantitative estimate of drug-likeness (QED) is 0.392. The first-order valence-electron chi connectivity index (χ1n) is 9.95. The fourth-order valence-electron chi connectivity index (χ4n) is 4.19. The number of benzene rings is 2. The van der Waals surface area contributed by atoms with Gasteiger partial charge in [0.05, 0.1) is 16.7 Å². The van der Waals surface area contributed by atoms with Crippen LogP contribution in [-0.2, 0) is 19.6 Å². The number of hydrogen-bond acceptors (Lipinski definition) is 1. The Labute approximate surface area is 183 Å². The Morgan fingerprint density at radius 2 is 1.80 bits per heavy atom. The Morgan fingerprint density at radius 1 is 1.10 bits per heavy atom. The van der Waals surface area contributed by atoms with Crippen LogP contribution in [0.4, 0.5) is 13.2 Å². The maximum absolute atomic E-state index is 13.2. The summed E-state index contributed by atoms with van der Waals surface area (Å²) in [6.07, 6.45) is 0.498. The highest BCUT2D eigenvalue weighted by Gasteiger charge is 2.31. The first-order valence-corrected chi connectivity index (χ1v) is 10.7. The zero-order valence-electron chi connectivity index (χ0n) is 16.7. The molecule has 0 unspecified atom stereocenters. The fourth-order valence-corrected chi connectivity index (χ4v) is 4.74. The SMILES string of the molecule is Cc1cc(C(F)(F)F)cc2c1cc(Cc1c(Cl)ccc(OC3CCCC3)c1Cl)n2C. The van der Waals surface area contributed by atoms with Gasteiger partial charge >= 0.3 is 6.18 Å². The molecule has 0 N–H and O–H groups in total. The van der Waals surface area contributed by atoms with Crippen molar-refractivity contribution in [2.45, 2.75) is 51.3 Å². The lowest BCUT2D eigenvalue weighted by atomic mass is 10.1. The van der Waals surface area contributed by atoms with Crippen LogP contribution < -0.4 is 4.74 Å². The van der Waals surface area contributed by atoms with Gasteiger partial charge in [0.1, 0.15) is 5.75 Å². The molecule has 0 amide bonds. The predicted molar refractivity (Wildman–Crippen MR) is 115 cm³/mol. The van der Waals surface area contributed by atoms with Gasteiger partial charge in [-0.2, -0.15) is 13.2 Å². The molecule has 0 atom stereocenters. The number of halogens is 5. The summed E-state index contributed by atoms with van der Waals surface area (Å²) in [4.78, 5) is 0. The molecule has 1 aliphatic rings. The zero-order valence-corrected chi connectivity index (χ0v) is 18.3. The molecule has 0 aliphatic heterocycles. The maximum atomic E-state index is 13.2. The lowest BCUT2D eigenvalue weighted by Crippen LogP contribution is -2.11. The van der Waals surface area contributed by atoms with Gasteiger partial charge in [-0.1, -0.05) is 23.2 Å². The molecule has 1 heterocycles. The molecule has 7 heteroatoms. The molecule has 4 rings (SSSR count). The van der Waals surface area contributed by atoms with E-state index in [-0.39, 0.29) is 6.10 Å². The van der Waals surface area contributed by atoms with E-state index < -0.39 is 11.7 Å². The summed E-state index contributed by atoms with van der Waals surface area (Å²) in [5, 5.41) is 1.76. The number of nitrogens with zero attached hydrogens (tertiary/aromatic N) is 1. The first-order chi connectivity index (χ1) is 14.1. The van der Waals surface area contributed by atoms with E-state index in [2.05, 4.69) is 0 Å². The van der Waals surface area contributed by atoms with Gasteiger partial charge in [0, 0.05) is 35.1 Å². The van der Waals surface area contributed by atoms with Gasteiger partial charge in [-0.05, 0) is 74.1 Å². The summed E-state index contributed by atoms with van der Waals surface area (Å²) in [6, 6.07) is 7.83. The molecule has 30 heavy (non-hydrogen) atoms. The molecule has 3 aromatic rings. The third-order valence-electron chi connectivity index (χ3n) is 5.90. The van der Waals surface area contributed by atoms with E-state index in [0.717, 1.165) is 36.8 Å². The van der Waals surface area contributed by atoms with Gasteiger partial charge in [-0.15, -0.1) is 0 Å². The van der Waals surface area contributed by atoms with E-state index in [1.54, 1.807) is 30.7 Å². The Kier molecular flexibility index (Phi) is 5.71. The van der Waals surface area contributed by atoms with E-state index in [1.165, 1.54) is 12.1 Å². The van der Waals surface area contributed by atoms with Crippen LogP contribution in [0.15, 0.2) is 30.3 Å². The number of ether oxygens (including phenoxy) is 1. The monoisotopic (exact) mass is 455 g/mol. The van der Waals surface area contributed by atoms with Crippen molar-refractivity contribution in [2.75, 3.05) is 0 Å².